The van der Waals surface area contributed by atoms with Crippen molar-refractivity contribution in [1.29, 1.82) is 5.26 Å². The molecule has 6 heteroatoms. The number of fused-ring (bicyclic) bond motifs is 1. The molecule has 2 aliphatic rings. The van der Waals surface area contributed by atoms with Gasteiger partial charge in [-0.15, -0.1) is 0 Å². The molecule has 0 saturated carbocycles. The number of piperazine rings is 2. The lowest BCUT2D eigenvalue weighted by molar-refractivity contribution is -0.146. The fourth-order valence-electron chi connectivity index (χ4n) is 4.06. The molecule has 0 aromatic heterocycles. The molecule has 0 spiro atoms. The van der Waals surface area contributed by atoms with Crippen molar-refractivity contribution < 1.29 is 4.79 Å². The number of carbonyl (C=O) groups is 1. The van der Waals surface area contributed by atoms with Gasteiger partial charge in [-0.25, -0.2) is 0 Å². The van der Waals surface area contributed by atoms with Gasteiger partial charge in [-0.1, -0.05) is 35.9 Å². The summed E-state index contributed by atoms with van der Waals surface area (Å²) in [6, 6.07) is 17.5. The van der Waals surface area contributed by atoms with Crippen LogP contribution in [0.4, 0.5) is 0 Å². The number of benzene rings is 2. The monoisotopic (exact) mass is 394 g/mol. The summed E-state index contributed by atoms with van der Waals surface area (Å²) >= 11 is 5.97. The van der Waals surface area contributed by atoms with Crippen molar-refractivity contribution in [2.75, 3.05) is 32.7 Å². The third-order valence-electron chi connectivity index (χ3n) is 5.58. The Balaban J connectivity index is 1.41. The van der Waals surface area contributed by atoms with Crippen LogP contribution in [0.1, 0.15) is 16.7 Å². The van der Waals surface area contributed by atoms with Gasteiger partial charge in [0.15, 0.2) is 0 Å². The predicted molar refractivity (Wildman–Crippen MR) is 109 cm³/mol. The number of rotatable bonds is 4. The maximum absolute atomic E-state index is 13.1. The molecule has 5 nitrogen and oxygen atoms in total. The lowest BCUT2D eigenvalue weighted by atomic mass is 10.0. The molecule has 1 atom stereocenters. The highest BCUT2D eigenvalue weighted by atomic mass is 35.5. The van der Waals surface area contributed by atoms with E-state index in [4.69, 9.17) is 16.9 Å². The van der Waals surface area contributed by atoms with Crippen LogP contribution in [0.5, 0.6) is 0 Å². The summed E-state index contributed by atoms with van der Waals surface area (Å²) in [5.41, 5.74) is 2.90. The second-order valence-electron chi connectivity index (χ2n) is 7.49. The van der Waals surface area contributed by atoms with E-state index in [1.807, 2.05) is 53.4 Å². The van der Waals surface area contributed by atoms with Crippen LogP contribution in [0.15, 0.2) is 48.5 Å². The highest BCUT2D eigenvalue weighted by Gasteiger charge is 2.38. The Kier molecular flexibility index (Phi) is 5.63. The largest absolute Gasteiger partial charge is 0.336 e. The fourth-order valence-corrected chi connectivity index (χ4v) is 4.18. The van der Waals surface area contributed by atoms with Crippen LogP contribution in [0, 0.1) is 11.3 Å². The van der Waals surface area contributed by atoms with E-state index in [9.17, 15) is 4.79 Å². The summed E-state index contributed by atoms with van der Waals surface area (Å²) in [4.78, 5) is 19.7. The highest BCUT2D eigenvalue weighted by Crippen LogP contribution is 2.21. The van der Waals surface area contributed by atoms with Crippen LogP contribution in [-0.4, -0.2) is 59.4 Å². The van der Waals surface area contributed by atoms with Gasteiger partial charge in [0.2, 0.25) is 5.91 Å². The van der Waals surface area contributed by atoms with Crippen LogP contribution < -0.4 is 0 Å². The van der Waals surface area contributed by atoms with Gasteiger partial charge >= 0.3 is 0 Å². The molecule has 144 valence electrons. The summed E-state index contributed by atoms with van der Waals surface area (Å²) in [6.07, 6.45) is 0. The molecule has 0 aliphatic carbocycles. The number of nitrogens with zero attached hydrogens (tertiary/aromatic N) is 4. The van der Waals surface area contributed by atoms with Gasteiger partial charge in [-0.2, -0.15) is 5.26 Å². The Hall–Kier alpha value is -2.39. The topological polar surface area (TPSA) is 50.6 Å². The molecule has 1 amide bonds. The lowest BCUT2D eigenvalue weighted by Gasteiger charge is -2.46. The highest BCUT2D eigenvalue weighted by molar-refractivity contribution is 6.30. The second-order valence-corrected chi connectivity index (χ2v) is 7.92. The summed E-state index contributed by atoms with van der Waals surface area (Å²) in [5, 5.41) is 9.81. The Morgan fingerprint density at radius 1 is 1.00 bits per heavy atom. The van der Waals surface area contributed by atoms with E-state index in [1.165, 1.54) is 0 Å². The zero-order valence-electron chi connectivity index (χ0n) is 15.7. The van der Waals surface area contributed by atoms with Gasteiger partial charge in [0, 0.05) is 50.8 Å². The first-order valence-corrected chi connectivity index (χ1v) is 9.99. The molecule has 0 N–H and O–H groups in total. The number of hydrogen-bond donors (Lipinski definition) is 0. The average Bonchev–Trinajstić information content (AvgIpc) is 2.72. The van der Waals surface area contributed by atoms with Crippen LogP contribution in [0.2, 0.25) is 5.02 Å². The number of halogens is 1. The van der Waals surface area contributed by atoms with Crippen molar-refractivity contribution in [3.63, 3.8) is 0 Å². The van der Waals surface area contributed by atoms with Crippen LogP contribution in [0.3, 0.4) is 0 Å². The molecular weight excluding hydrogens is 372 g/mol. The minimum atomic E-state index is -0.0889. The van der Waals surface area contributed by atoms with Crippen molar-refractivity contribution in [2.24, 2.45) is 0 Å². The smallest absolute Gasteiger partial charge is 0.241 e. The molecule has 2 saturated heterocycles. The Labute approximate surface area is 170 Å². The predicted octanol–water partition coefficient (Wildman–Crippen LogP) is 2.74. The minimum absolute atomic E-state index is 0.0889. The third-order valence-corrected chi connectivity index (χ3v) is 5.83. The molecule has 0 bridgehead atoms. The van der Waals surface area contributed by atoms with Crippen LogP contribution >= 0.6 is 11.6 Å². The van der Waals surface area contributed by atoms with E-state index in [0.717, 1.165) is 50.4 Å². The molecule has 4 rings (SSSR count). The van der Waals surface area contributed by atoms with Crippen molar-refractivity contribution in [3.05, 3.63) is 70.2 Å². The normalized spacial score (nSPS) is 20.6. The zero-order valence-corrected chi connectivity index (χ0v) is 16.5. The Morgan fingerprint density at radius 3 is 2.57 bits per heavy atom. The van der Waals surface area contributed by atoms with E-state index in [0.29, 0.717) is 17.1 Å². The van der Waals surface area contributed by atoms with E-state index in [1.54, 1.807) is 0 Å². The maximum atomic E-state index is 13.1. The molecular formula is C22H23ClN4O. The first kappa shape index (κ1) is 18.9. The second kappa shape index (κ2) is 8.32. The number of hydrogen-bond acceptors (Lipinski definition) is 4. The van der Waals surface area contributed by atoms with Crippen molar-refractivity contribution >= 4 is 17.5 Å². The molecule has 2 aromatic rings. The molecule has 2 aliphatic heterocycles. The van der Waals surface area contributed by atoms with E-state index < -0.39 is 0 Å². The number of carbonyl (C=O) groups excluding carboxylic acids is 1. The molecule has 2 fully saturated rings. The standard InChI is InChI=1S/C22H23ClN4O/c23-20-6-4-17(5-7-20)15-27-11-10-26-9-8-25(16-21(26)22(27)28)14-19-3-1-2-18(12-19)13-24/h1-7,12,21H,8-11,14-16H2. The quantitative estimate of drug-likeness (QED) is 0.800. The van der Waals surface area contributed by atoms with Gasteiger partial charge in [0.25, 0.3) is 0 Å². The van der Waals surface area contributed by atoms with Gasteiger partial charge in [0.05, 0.1) is 11.6 Å². The zero-order chi connectivity index (χ0) is 19.5. The molecule has 2 aromatic carbocycles. The van der Waals surface area contributed by atoms with Gasteiger partial charge in [-0.3, -0.25) is 14.6 Å². The molecule has 28 heavy (non-hydrogen) atoms. The SMILES string of the molecule is N#Cc1cccc(CN2CCN3CCN(Cc4ccc(Cl)cc4)C(=O)C3C2)c1. The molecule has 1 unspecified atom stereocenters. The first-order chi connectivity index (χ1) is 13.6. The minimum Gasteiger partial charge on any atom is -0.336 e. The van der Waals surface area contributed by atoms with Crippen LogP contribution in [-0.2, 0) is 17.9 Å². The van der Waals surface area contributed by atoms with Crippen molar-refractivity contribution in [2.45, 2.75) is 19.1 Å². The van der Waals surface area contributed by atoms with Gasteiger partial charge < -0.3 is 4.90 Å². The Bertz CT molecular complexity index is 892. The summed E-state index contributed by atoms with van der Waals surface area (Å²) in [7, 11) is 0. The van der Waals surface area contributed by atoms with Gasteiger partial charge in [-0.05, 0) is 35.4 Å². The molecule has 2 heterocycles. The average molecular weight is 395 g/mol. The maximum Gasteiger partial charge on any atom is 0.241 e. The Morgan fingerprint density at radius 2 is 1.79 bits per heavy atom. The third kappa shape index (κ3) is 4.20. The van der Waals surface area contributed by atoms with E-state index in [2.05, 4.69) is 15.9 Å². The van der Waals surface area contributed by atoms with E-state index in [-0.39, 0.29) is 11.9 Å². The summed E-state index contributed by atoms with van der Waals surface area (Å²) in [5.74, 6) is 0.205. The summed E-state index contributed by atoms with van der Waals surface area (Å²) in [6.45, 7) is 5.66. The number of amides is 1. The summed E-state index contributed by atoms with van der Waals surface area (Å²) < 4.78 is 0. The first-order valence-electron chi connectivity index (χ1n) is 9.61. The van der Waals surface area contributed by atoms with Crippen molar-refractivity contribution in [3.8, 4) is 6.07 Å². The number of nitriles is 1. The van der Waals surface area contributed by atoms with Gasteiger partial charge in [0.1, 0.15) is 6.04 Å². The van der Waals surface area contributed by atoms with Crippen molar-refractivity contribution in [1.82, 2.24) is 14.7 Å². The fraction of sp³-hybridized carbons (Fsp3) is 0.364. The molecule has 0 radical (unpaired) electrons. The van der Waals surface area contributed by atoms with E-state index >= 15 is 0 Å². The van der Waals surface area contributed by atoms with Crippen LogP contribution in [0.25, 0.3) is 0 Å². The lowest BCUT2D eigenvalue weighted by Crippen LogP contribution is -2.64.